The number of piperidine rings is 1. The van der Waals surface area contributed by atoms with E-state index in [4.69, 9.17) is 0 Å². The van der Waals surface area contributed by atoms with E-state index in [2.05, 4.69) is 42.4 Å². The van der Waals surface area contributed by atoms with E-state index < -0.39 is 0 Å². The fraction of sp³-hybridized carbons (Fsp3) is 0.647. The second-order valence-electron chi connectivity index (χ2n) is 6.43. The van der Waals surface area contributed by atoms with Crippen LogP contribution in [0, 0.1) is 5.92 Å². The van der Waals surface area contributed by atoms with Crippen LogP contribution in [0.1, 0.15) is 37.3 Å². The lowest BCUT2D eigenvalue weighted by atomic mass is 9.91. The second kappa shape index (κ2) is 5.54. The normalized spacial score (nSPS) is 25.1. The van der Waals surface area contributed by atoms with Crippen LogP contribution in [-0.4, -0.2) is 31.1 Å². The number of fused-ring (bicyclic) bond motifs is 1. The maximum absolute atomic E-state index is 3.74. The molecule has 2 nitrogen and oxygen atoms in total. The van der Waals surface area contributed by atoms with Crippen molar-refractivity contribution in [2.24, 2.45) is 5.92 Å². The summed E-state index contributed by atoms with van der Waals surface area (Å²) in [5.74, 6) is 0.784. The van der Waals surface area contributed by atoms with Crippen molar-refractivity contribution in [1.82, 2.24) is 4.90 Å². The van der Waals surface area contributed by atoms with Gasteiger partial charge in [0, 0.05) is 18.3 Å². The van der Waals surface area contributed by atoms with E-state index in [0.717, 1.165) is 5.92 Å². The lowest BCUT2D eigenvalue weighted by Gasteiger charge is -2.34. The van der Waals surface area contributed by atoms with Crippen molar-refractivity contribution in [2.45, 2.75) is 45.1 Å². The highest BCUT2D eigenvalue weighted by atomic mass is 15.1. The molecule has 0 radical (unpaired) electrons. The highest BCUT2D eigenvalue weighted by Gasteiger charge is 2.23. The first-order valence-corrected chi connectivity index (χ1v) is 7.79. The van der Waals surface area contributed by atoms with Gasteiger partial charge in [-0.1, -0.05) is 6.07 Å². The molecule has 1 aliphatic carbocycles. The van der Waals surface area contributed by atoms with Crippen LogP contribution < -0.4 is 5.32 Å². The number of hydrogen-bond acceptors (Lipinski definition) is 2. The average Bonchev–Trinajstić information content (AvgIpc) is 2.86. The van der Waals surface area contributed by atoms with Gasteiger partial charge in [-0.3, -0.25) is 0 Å². The topological polar surface area (TPSA) is 15.3 Å². The van der Waals surface area contributed by atoms with Crippen LogP contribution in [0.15, 0.2) is 18.2 Å². The van der Waals surface area contributed by atoms with Gasteiger partial charge in [0.1, 0.15) is 0 Å². The average molecular weight is 258 g/mol. The summed E-state index contributed by atoms with van der Waals surface area (Å²) in [4.78, 5) is 2.47. The maximum atomic E-state index is 3.74. The smallest absolute Gasteiger partial charge is 0.0345 e. The molecule has 0 spiro atoms. The van der Waals surface area contributed by atoms with Crippen molar-refractivity contribution in [1.29, 1.82) is 0 Å². The standard InChI is InChI=1S/C17H26N2/c1-13(16-7-4-10-19(2)12-16)18-17-9-8-14-5-3-6-15(14)11-17/h8-9,11,13,16,18H,3-7,10,12H2,1-2H3. The molecule has 1 saturated heterocycles. The monoisotopic (exact) mass is 258 g/mol. The lowest BCUT2D eigenvalue weighted by molar-refractivity contribution is 0.197. The largest absolute Gasteiger partial charge is 0.382 e. The molecule has 1 aromatic rings. The van der Waals surface area contributed by atoms with Crippen LogP contribution in [0.4, 0.5) is 5.69 Å². The number of anilines is 1. The Labute approximate surface area is 117 Å². The predicted molar refractivity (Wildman–Crippen MR) is 81.8 cm³/mol. The number of benzene rings is 1. The molecule has 1 N–H and O–H groups in total. The minimum atomic E-state index is 0.571. The first kappa shape index (κ1) is 13.0. The van der Waals surface area contributed by atoms with Gasteiger partial charge in [-0.05, 0) is 81.8 Å². The molecule has 1 heterocycles. The van der Waals surface area contributed by atoms with Gasteiger partial charge in [-0.25, -0.2) is 0 Å². The second-order valence-corrected chi connectivity index (χ2v) is 6.43. The molecular weight excluding hydrogens is 232 g/mol. The molecule has 1 aromatic carbocycles. The van der Waals surface area contributed by atoms with Crippen molar-refractivity contribution < 1.29 is 0 Å². The highest BCUT2D eigenvalue weighted by Crippen LogP contribution is 2.27. The van der Waals surface area contributed by atoms with Crippen LogP contribution in [0.25, 0.3) is 0 Å². The fourth-order valence-electron chi connectivity index (χ4n) is 3.66. The first-order valence-electron chi connectivity index (χ1n) is 7.79. The van der Waals surface area contributed by atoms with E-state index in [1.807, 2.05) is 0 Å². The maximum Gasteiger partial charge on any atom is 0.0345 e. The van der Waals surface area contributed by atoms with E-state index in [9.17, 15) is 0 Å². The van der Waals surface area contributed by atoms with E-state index in [1.54, 1.807) is 11.1 Å². The molecule has 0 bridgehead atoms. The van der Waals surface area contributed by atoms with E-state index in [0.29, 0.717) is 6.04 Å². The molecule has 2 aliphatic rings. The van der Waals surface area contributed by atoms with Crippen LogP contribution in [0.5, 0.6) is 0 Å². The lowest BCUT2D eigenvalue weighted by Crippen LogP contribution is -2.39. The summed E-state index contributed by atoms with van der Waals surface area (Å²) in [6.07, 6.45) is 6.59. The SMILES string of the molecule is CC(Nc1ccc2c(c1)CCC2)C1CCCN(C)C1. The van der Waals surface area contributed by atoms with Gasteiger partial charge < -0.3 is 10.2 Å². The van der Waals surface area contributed by atoms with Gasteiger partial charge in [0.25, 0.3) is 0 Å². The summed E-state index contributed by atoms with van der Waals surface area (Å²) >= 11 is 0. The molecule has 0 aromatic heterocycles. The zero-order valence-corrected chi connectivity index (χ0v) is 12.3. The Hall–Kier alpha value is -1.02. The quantitative estimate of drug-likeness (QED) is 0.894. The van der Waals surface area contributed by atoms with Gasteiger partial charge in [0.05, 0.1) is 0 Å². The Bertz CT molecular complexity index is 441. The number of rotatable bonds is 3. The van der Waals surface area contributed by atoms with Crippen molar-refractivity contribution in [3.05, 3.63) is 29.3 Å². The summed E-state index contributed by atoms with van der Waals surface area (Å²) < 4.78 is 0. The Balaban J connectivity index is 1.64. The summed E-state index contributed by atoms with van der Waals surface area (Å²) in [6, 6.07) is 7.55. The Kier molecular flexibility index (Phi) is 3.79. The molecule has 2 unspecified atom stereocenters. The predicted octanol–water partition coefficient (Wildman–Crippen LogP) is 3.32. The molecule has 1 fully saturated rings. The molecule has 19 heavy (non-hydrogen) atoms. The van der Waals surface area contributed by atoms with E-state index in [-0.39, 0.29) is 0 Å². The number of nitrogens with zero attached hydrogens (tertiary/aromatic N) is 1. The van der Waals surface area contributed by atoms with Crippen LogP contribution >= 0.6 is 0 Å². The van der Waals surface area contributed by atoms with Gasteiger partial charge in [-0.15, -0.1) is 0 Å². The minimum absolute atomic E-state index is 0.571. The van der Waals surface area contributed by atoms with Gasteiger partial charge in [0.15, 0.2) is 0 Å². The van der Waals surface area contributed by atoms with Crippen LogP contribution in [-0.2, 0) is 12.8 Å². The van der Waals surface area contributed by atoms with E-state index in [1.165, 1.54) is 50.9 Å². The highest BCUT2D eigenvalue weighted by molar-refractivity contribution is 5.50. The minimum Gasteiger partial charge on any atom is -0.382 e. The molecule has 0 amide bonds. The van der Waals surface area contributed by atoms with Crippen molar-refractivity contribution in [2.75, 3.05) is 25.5 Å². The third kappa shape index (κ3) is 2.94. The Morgan fingerprint density at radius 3 is 2.89 bits per heavy atom. The van der Waals surface area contributed by atoms with Crippen molar-refractivity contribution >= 4 is 5.69 Å². The van der Waals surface area contributed by atoms with E-state index >= 15 is 0 Å². The number of aryl methyl sites for hydroxylation is 2. The molecule has 104 valence electrons. The first-order chi connectivity index (χ1) is 9.22. The number of likely N-dealkylation sites (tertiary alicyclic amines) is 1. The zero-order valence-electron chi connectivity index (χ0n) is 12.3. The van der Waals surface area contributed by atoms with Crippen LogP contribution in [0.2, 0.25) is 0 Å². The van der Waals surface area contributed by atoms with Crippen molar-refractivity contribution in [3.63, 3.8) is 0 Å². The molecular formula is C17H26N2. The Morgan fingerprint density at radius 1 is 1.21 bits per heavy atom. The fourth-order valence-corrected chi connectivity index (χ4v) is 3.66. The summed E-state index contributed by atoms with van der Waals surface area (Å²) in [5, 5.41) is 3.74. The molecule has 0 saturated carbocycles. The van der Waals surface area contributed by atoms with Gasteiger partial charge in [-0.2, -0.15) is 0 Å². The van der Waals surface area contributed by atoms with Crippen LogP contribution in [0.3, 0.4) is 0 Å². The van der Waals surface area contributed by atoms with Gasteiger partial charge in [0.2, 0.25) is 0 Å². The molecule has 1 aliphatic heterocycles. The third-order valence-corrected chi connectivity index (χ3v) is 4.86. The third-order valence-electron chi connectivity index (χ3n) is 4.86. The zero-order chi connectivity index (χ0) is 13.2. The number of nitrogens with one attached hydrogen (secondary N) is 1. The Morgan fingerprint density at radius 2 is 2.05 bits per heavy atom. The molecule has 2 heteroatoms. The summed E-state index contributed by atoms with van der Waals surface area (Å²) in [7, 11) is 2.24. The summed E-state index contributed by atoms with van der Waals surface area (Å²) in [6.45, 7) is 4.85. The molecule has 2 atom stereocenters. The molecule has 3 rings (SSSR count). The van der Waals surface area contributed by atoms with Crippen molar-refractivity contribution in [3.8, 4) is 0 Å². The number of hydrogen-bond donors (Lipinski definition) is 1. The van der Waals surface area contributed by atoms with Gasteiger partial charge >= 0.3 is 0 Å². The summed E-state index contributed by atoms with van der Waals surface area (Å²) in [5.41, 5.74) is 4.45.